The van der Waals surface area contributed by atoms with E-state index in [-0.39, 0.29) is 23.9 Å². The lowest BCUT2D eigenvalue weighted by Gasteiger charge is -2.25. The van der Waals surface area contributed by atoms with Gasteiger partial charge in [-0.05, 0) is 6.92 Å². The lowest BCUT2D eigenvalue weighted by atomic mass is 10.4. The molecule has 18 heavy (non-hydrogen) atoms. The molecule has 1 aromatic rings. The fourth-order valence-corrected chi connectivity index (χ4v) is 1.43. The number of alkyl halides is 3. The van der Waals surface area contributed by atoms with Crippen LogP contribution in [0.15, 0.2) is 6.33 Å². The SMILES string of the molecule is CCN(CC(F)(F)F)c1ncnc(NN)c1OC. The van der Waals surface area contributed by atoms with Gasteiger partial charge in [0.25, 0.3) is 0 Å². The molecule has 3 N–H and O–H groups in total. The lowest BCUT2D eigenvalue weighted by molar-refractivity contribution is -0.119. The van der Waals surface area contributed by atoms with Crippen LogP contribution in [0.5, 0.6) is 5.75 Å². The Labute approximate surface area is 102 Å². The molecule has 0 fully saturated rings. The van der Waals surface area contributed by atoms with Gasteiger partial charge in [0.1, 0.15) is 12.9 Å². The van der Waals surface area contributed by atoms with E-state index in [0.717, 1.165) is 11.2 Å². The number of hydrogen-bond donors (Lipinski definition) is 2. The molecule has 0 aromatic carbocycles. The molecule has 0 aliphatic rings. The molecule has 102 valence electrons. The maximum absolute atomic E-state index is 12.4. The zero-order chi connectivity index (χ0) is 13.8. The lowest BCUT2D eigenvalue weighted by Crippen LogP contribution is -2.35. The first-order valence-electron chi connectivity index (χ1n) is 5.10. The van der Waals surface area contributed by atoms with E-state index in [1.807, 2.05) is 0 Å². The van der Waals surface area contributed by atoms with Crippen LogP contribution < -0.4 is 20.9 Å². The zero-order valence-electron chi connectivity index (χ0n) is 9.95. The minimum absolute atomic E-state index is 0.0419. The van der Waals surface area contributed by atoms with Crippen LogP contribution in [0.1, 0.15) is 6.92 Å². The number of methoxy groups -OCH3 is 1. The molecule has 6 nitrogen and oxygen atoms in total. The van der Waals surface area contributed by atoms with E-state index in [1.165, 1.54) is 7.11 Å². The van der Waals surface area contributed by atoms with Gasteiger partial charge >= 0.3 is 6.18 Å². The normalized spacial score (nSPS) is 11.2. The van der Waals surface area contributed by atoms with Gasteiger partial charge in [-0.15, -0.1) is 0 Å². The molecule has 0 unspecified atom stereocenters. The minimum atomic E-state index is -4.33. The molecule has 1 heterocycles. The summed E-state index contributed by atoms with van der Waals surface area (Å²) in [5, 5.41) is 0. The number of rotatable bonds is 5. The fourth-order valence-electron chi connectivity index (χ4n) is 1.43. The Morgan fingerprint density at radius 3 is 2.56 bits per heavy atom. The smallest absolute Gasteiger partial charge is 0.405 e. The minimum Gasteiger partial charge on any atom is -0.490 e. The van der Waals surface area contributed by atoms with Crippen molar-refractivity contribution in [1.82, 2.24) is 9.97 Å². The summed E-state index contributed by atoms with van der Waals surface area (Å²) in [7, 11) is 1.31. The standard InChI is InChI=1S/C9H14F3N5O/c1-3-17(4-9(10,11)12)8-6(18-2)7(16-13)14-5-15-8/h5H,3-4,13H2,1-2H3,(H,14,15,16). The summed E-state index contributed by atoms with van der Waals surface area (Å²) < 4.78 is 42.3. The zero-order valence-corrected chi connectivity index (χ0v) is 9.95. The third-order valence-electron chi connectivity index (χ3n) is 2.18. The molecule has 9 heteroatoms. The second-order valence-electron chi connectivity index (χ2n) is 3.35. The highest BCUT2D eigenvalue weighted by molar-refractivity contribution is 5.64. The third kappa shape index (κ3) is 3.36. The molecule has 1 aromatic heterocycles. The number of aromatic nitrogens is 2. The molecular weight excluding hydrogens is 251 g/mol. The summed E-state index contributed by atoms with van der Waals surface area (Å²) in [4.78, 5) is 8.60. The summed E-state index contributed by atoms with van der Waals surface area (Å²) in [5.41, 5.74) is 2.24. The molecule has 0 atom stereocenters. The number of hydrazine groups is 1. The van der Waals surface area contributed by atoms with Crippen LogP contribution >= 0.6 is 0 Å². The molecule has 0 aliphatic carbocycles. The first-order chi connectivity index (χ1) is 8.42. The largest absolute Gasteiger partial charge is 0.490 e. The van der Waals surface area contributed by atoms with E-state index in [4.69, 9.17) is 10.6 Å². The topological polar surface area (TPSA) is 76.3 Å². The van der Waals surface area contributed by atoms with Crippen molar-refractivity contribution in [2.45, 2.75) is 13.1 Å². The average molecular weight is 265 g/mol. The van der Waals surface area contributed by atoms with Crippen LogP contribution in [0.4, 0.5) is 24.8 Å². The number of hydrogen-bond acceptors (Lipinski definition) is 6. The van der Waals surface area contributed by atoms with Crippen LogP contribution in [-0.2, 0) is 0 Å². The van der Waals surface area contributed by atoms with Crippen molar-refractivity contribution in [3.05, 3.63) is 6.33 Å². The van der Waals surface area contributed by atoms with E-state index >= 15 is 0 Å². The molecule has 1 rings (SSSR count). The van der Waals surface area contributed by atoms with Gasteiger partial charge in [-0.2, -0.15) is 13.2 Å². The van der Waals surface area contributed by atoms with Gasteiger partial charge in [0.05, 0.1) is 7.11 Å². The molecular formula is C9H14F3N5O. The number of nitrogens with zero attached hydrogens (tertiary/aromatic N) is 3. The Kier molecular flexibility index (Phi) is 4.54. The van der Waals surface area contributed by atoms with Crippen LogP contribution in [0.25, 0.3) is 0 Å². The van der Waals surface area contributed by atoms with Crippen LogP contribution in [-0.4, -0.2) is 36.3 Å². The van der Waals surface area contributed by atoms with Crippen molar-refractivity contribution in [3.63, 3.8) is 0 Å². The summed E-state index contributed by atoms with van der Waals surface area (Å²) in [6.07, 6.45) is -3.21. The van der Waals surface area contributed by atoms with E-state index in [1.54, 1.807) is 6.92 Å². The molecule has 0 aliphatic heterocycles. The average Bonchev–Trinajstić information content (AvgIpc) is 2.33. The second kappa shape index (κ2) is 5.71. The maximum Gasteiger partial charge on any atom is 0.405 e. The van der Waals surface area contributed by atoms with E-state index in [9.17, 15) is 13.2 Å². The molecule has 0 bridgehead atoms. The number of ether oxygens (including phenoxy) is 1. The molecule has 0 saturated heterocycles. The molecule has 0 spiro atoms. The van der Waals surface area contributed by atoms with Gasteiger partial charge in [0, 0.05) is 6.54 Å². The van der Waals surface area contributed by atoms with Gasteiger partial charge in [-0.25, -0.2) is 15.8 Å². The van der Waals surface area contributed by atoms with Crippen molar-refractivity contribution in [1.29, 1.82) is 0 Å². The Morgan fingerprint density at radius 2 is 2.11 bits per heavy atom. The Balaban J connectivity index is 3.12. The molecule has 0 saturated carbocycles. The first-order valence-corrected chi connectivity index (χ1v) is 5.10. The number of nitrogens with one attached hydrogen (secondary N) is 1. The quantitative estimate of drug-likeness (QED) is 0.614. The second-order valence-corrected chi connectivity index (χ2v) is 3.35. The van der Waals surface area contributed by atoms with Gasteiger partial charge in [-0.3, -0.25) is 0 Å². The van der Waals surface area contributed by atoms with Gasteiger partial charge in [-0.1, -0.05) is 0 Å². The highest BCUT2D eigenvalue weighted by Crippen LogP contribution is 2.32. The Morgan fingerprint density at radius 1 is 1.44 bits per heavy atom. The summed E-state index contributed by atoms with van der Waals surface area (Å²) in [6.45, 7) is 0.584. The van der Waals surface area contributed by atoms with Gasteiger partial charge in [0.15, 0.2) is 11.6 Å². The highest BCUT2D eigenvalue weighted by Gasteiger charge is 2.32. The number of halogens is 3. The Hall–Kier alpha value is -1.77. The van der Waals surface area contributed by atoms with E-state index in [0.29, 0.717) is 0 Å². The van der Waals surface area contributed by atoms with Gasteiger partial charge in [0.2, 0.25) is 5.75 Å². The van der Waals surface area contributed by atoms with Crippen molar-refractivity contribution in [2.24, 2.45) is 5.84 Å². The summed E-state index contributed by atoms with van der Waals surface area (Å²) in [6, 6.07) is 0. The van der Waals surface area contributed by atoms with Crippen molar-refractivity contribution in [3.8, 4) is 5.75 Å². The van der Waals surface area contributed by atoms with Crippen molar-refractivity contribution in [2.75, 3.05) is 30.5 Å². The number of nitrogen functional groups attached to an aromatic ring is 1. The summed E-state index contributed by atoms with van der Waals surface area (Å²) >= 11 is 0. The van der Waals surface area contributed by atoms with Crippen LogP contribution in [0.2, 0.25) is 0 Å². The monoisotopic (exact) mass is 265 g/mol. The first kappa shape index (κ1) is 14.3. The number of nitrogens with two attached hydrogens (primary N) is 1. The summed E-state index contributed by atoms with van der Waals surface area (Å²) in [5.74, 6) is 5.45. The predicted molar refractivity (Wildman–Crippen MR) is 60.3 cm³/mol. The Bertz CT molecular complexity index is 398. The fraction of sp³-hybridized carbons (Fsp3) is 0.556. The highest BCUT2D eigenvalue weighted by atomic mass is 19.4. The van der Waals surface area contributed by atoms with Gasteiger partial charge < -0.3 is 15.1 Å². The van der Waals surface area contributed by atoms with Crippen molar-refractivity contribution >= 4 is 11.6 Å². The van der Waals surface area contributed by atoms with Crippen LogP contribution in [0.3, 0.4) is 0 Å². The maximum atomic E-state index is 12.4. The number of anilines is 2. The third-order valence-corrected chi connectivity index (χ3v) is 2.18. The van der Waals surface area contributed by atoms with Crippen molar-refractivity contribution < 1.29 is 17.9 Å². The predicted octanol–water partition coefficient (Wildman–Crippen LogP) is 1.16. The van der Waals surface area contributed by atoms with E-state index < -0.39 is 12.7 Å². The van der Waals surface area contributed by atoms with E-state index in [2.05, 4.69) is 15.4 Å². The van der Waals surface area contributed by atoms with Crippen LogP contribution in [0, 0.1) is 0 Å². The molecule has 0 amide bonds. The molecule has 0 radical (unpaired) electrons.